The Kier molecular flexibility index (Phi) is 3.08. The molecule has 1 aromatic heterocycles. The maximum Gasteiger partial charge on any atom is 0.346 e. The second-order valence-corrected chi connectivity index (χ2v) is 4.12. The van der Waals surface area contributed by atoms with E-state index in [1.807, 2.05) is 0 Å². The first-order chi connectivity index (χ1) is 6.89. The van der Waals surface area contributed by atoms with Crippen LogP contribution in [0.25, 0.3) is 0 Å². The molecule has 0 saturated heterocycles. The molecule has 1 amide bonds. The molecule has 15 heavy (non-hydrogen) atoms. The van der Waals surface area contributed by atoms with Crippen LogP contribution in [0.3, 0.4) is 0 Å². The molecule has 1 heterocycles. The van der Waals surface area contributed by atoms with E-state index in [9.17, 15) is 9.59 Å². The number of nitrogens with one attached hydrogen (secondary N) is 3. The molecular weight excluding hydrogens is 196 g/mol. The van der Waals surface area contributed by atoms with Crippen LogP contribution in [0.15, 0.2) is 17.1 Å². The van der Waals surface area contributed by atoms with Crippen LogP contribution in [0.1, 0.15) is 20.8 Å². The Hall–Kier alpha value is -1.85. The van der Waals surface area contributed by atoms with Crippen molar-refractivity contribution in [2.45, 2.75) is 20.8 Å². The standard InChI is InChI=1S/C9H14N4O2/c1-9(2,3)7(14)13-12-6-4-5-10-8(15)11-6/h4-5H,1-3H3,(H,13,14)(H2,10,11,12,15). The topological polar surface area (TPSA) is 86.9 Å². The number of H-pyrrole nitrogens is 1. The highest BCUT2D eigenvalue weighted by molar-refractivity contribution is 5.82. The van der Waals surface area contributed by atoms with Crippen LogP contribution in [0.4, 0.5) is 5.82 Å². The predicted molar refractivity (Wildman–Crippen MR) is 56.1 cm³/mol. The lowest BCUT2D eigenvalue weighted by Crippen LogP contribution is -2.39. The van der Waals surface area contributed by atoms with Gasteiger partial charge in [-0.05, 0) is 6.07 Å². The van der Waals surface area contributed by atoms with E-state index in [-0.39, 0.29) is 5.91 Å². The van der Waals surface area contributed by atoms with Gasteiger partial charge >= 0.3 is 5.69 Å². The molecule has 0 fully saturated rings. The van der Waals surface area contributed by atoms with Crippen molar-refractivity contribution in [3.63, 3.8) is 0 Å². The maximum atomic E-state index is 11.4. The van der Waals surface area contributed by atoms with E-state index in [1.165, 1.54) is 6.20 Å². The number of hydrogen-bond acceptors (Lipinski definition) is 4. The summed E-state index contributed by atoms with van der Waals surface area (Å²) in [6.07, 6.45) is 1.35. The van der Waals surface area contributed by atoms with Gasteiger partial charge in [0.05, 0.1) is 0 Å². The third-order valence-electron chi connectivity index (χ3n) is 1.67. The minimum absolute atomic E-state index is 0.167. The summed E-state index contributed by atoms with van der Waals surface area (Å²) in [5.41, 5.74) is 4.12. The Balaban J connectivity index is 2.59. The molecule has 0 aliphatic rings. The van der Waals surface area contributed by atoms with Crippen molar-refractivity contribution in [2.75, 3.05) is 5.43 Å². The number of hydrogen-bond donors (Lipinski definition) is 3. The highest BCUT2D eigenvalue weighted by atomic mass is 16.2. The van der Waals surface area contributed by atoms with E-state index >= 15 is 0 Å². The fourth-order valence-corrected chi connectivity index (χ4v) is 0.753. The zero-order valence-corrected chi connectivity index (χ0v) is 8.92. The van der Waals surface area contributed by atoms with Crippen molar-refractivity contribution >= 4 is 11.7 Å². The second kappa shape index (κ2) is 4.12. The van der Waals surface area contributed by atoms with Gasteiger partial charge in [0.15, 0.2) is 0 Å². The van der Waals surface area contributed by atoms with E-state index in [1.54, 1.807) is 26.8 Å². The number of rotatable bonds is 2. The minimum Gasteiger partial charge on any atom is -0.291 e. The molecule has 0 aliphatic heterocycles. The van der Waals surface area contributed by atoms with Gasteiger partial charge in [-0.3, -0.25) is 20.6 Å². The van der Waals surface area contributed by atoms with Crippen LogP contribution in [-0.2, 0) is 4.79 Å². The van der Waals surface area contributed by atoms with Crippen molar-refractivity contribution in [1.82, 2.24) is 15.4 Å². The molecule has 0 atom stereocenters. The third-order valence-corrected chi connectivity index (χ3v) is 1.67. The van der Waals surface area contributed by atoms with Gasteiger partial charge in [-0.2, -0.15) is 0 Å². The molecule has 0 aromatic carbocycles. The maximum absolute atomic E-state index is 11.4. The number of aromatic nitrogens is 2. The fourth-order valence-electron chi connectivity index (χ4n) is 0.753. The van der Waals surface area contributed by atoms with Crippen molar-refractivity contribution in [1.29, 1.82) is 0 Å². The fraction of sp³-hybridized carbons (Fsp3) is 0.444. The van der Waals surface area contributed by atoms with E-state index in [0.717, 1.165) is 0 Å². The normalized spacial score (nSPS) is 10.9. The molecule has 0 bridgehead atoms. The van der Waals surface area contributed by atoms with E-state index in [0.29, 0.717) is 5.82 Å². The van der Waals surface area contributed by atoms with E-state index in [4.69, 9.17) is 0 Å². The molecule has 82 valence electrons. The van der Waals surface area contributed by atoms with Crippen molar-refractivity contribution in [3.05, 3.63) is 22.7 Å². The molecule has 0 saturated carbocycles. The lowest BCUT2D eigenvalue weighted by molar-refractivity contribution is -0.127. The number of hydrazine groups is 1. The Bertz CT molecular complexity index is 405. The zero-order valence-electron chi connectivity index (χ0n) is 8.92. The monoisotopic (exact) mass is 210 g/mol. The number of amides is 1. The zero-order chi connectivity index (χ0) is 11.5. The summed E-state index contributed by atoms with van der Waals surface area (Å²) in [5, 5.41) is 0. The lowest BCUT2D eigenvalue weighted by Gasteiger charge is -2.18. The van der Waals surface area contributed by atoms with Crippen LogP contribution >= 0.6 is 0 Å². The molecule has 1 rings (SSSR count). The van der Waals surface area contributed by atoms with Gasteiger partial charge in [-0.1, -0.05) is 20.8 Å². The predicted octanol–water partition coefficient (Wildman–Crippen LogP) is 0.259. The number of carbonyl (C=O) groups excluding carboxylic acids is 1. The van der Waals surface area contributed by atoms with E-state index < -0.39 is 11.1 Å². The van der Waals surface area contributed by atoms with Crippen LogP contribution in [0.5, 0.6) is 0 Å². The summed E-state index contributed by atoms with van der Waals surface area (Å²) in [6.45, 7) is 5.37. The number of carbonyl (C=O) groups is 1. The SMILES string of the molecule is CC(C)(C)C(=O)NNc1ccnc(=O)[nH]1. The summed E-state index contributed by atoms with van der Waals surface area (Å²) in [4.78, 5) is 28.1. The van der Waals surface area contributed by atoms with Gasteiger partial charge < -0.3 is 0 Å². The van der Waals surface area contributed by atoms with Gasteiger partial charge in [-0.25, -0.2) is 9.78 Å². The highest BCUT2D eigenvalue weighted by Crippen LogP contribution is 2.12. The molecule has 3 N–H and O–H groups in total. The van der Waals surface area contributed by atoms with Crippen LogP contribution < -0.4 is 16.5 Å². The Morgan fingerprint density at radius 2 is 2.13 bits per heavy atom. The quantitative estimate of drug-likeness (QED) is 0.611. The molecule has 0 radical (unpaired) electrons. The Morgan fingerprint density at radius 3 is 2.67 bits per heavy atom. The van der Waals surface area contributed by atoms with Gasteiger partial charge in [0, 0.05) is 11.6 Å². The smallest absolute Gasteiger partial charge is 0.291 e. The van der Waals surface area contributed by atoms with Gasteiger partial charge in [0.1, 0.15) is 5.82 Å². The number of aromatic amines is 1. The minimum atomic E-state index is -0.486. The summed E-state index contributed by atoms with van der Waals surface area (Å²) in [6, 6.07) is 1.55. The molecule has 1 aromatic rings. The number of anilines is 1. The summed E-state index contributed by atoms with van der Waals surface area (Å²) in [5.74, 6) is 0.229. The molecule has 6 nitrogen and oxygen atoms in total. The first kappa shape index (κ1) is 11.2. The molecule has 0 unspecified atom stereocenters. The molecular formula is C9H14N4O2. The summed E-state index contributed by atoms with van der Waals surface area (Å²) in [7, 11) is 0. The average molecular weight is 210 g/mol. The molecule has 0 aliphatic carbocycles. The lowest BCUT2D eigenvalue weighted by atomic mass is 9.96. The number of nitrogens with zero attached hydrogens (tertiary/aromatic N) is 1. The Morgan fingerprint density at radius 1 is 1.47 bits per heavy atom. The van der Waals surface area contributed by atoms with Crippen molar-refractivity contribution < 1.29 is 4.79 Å². The second-order valence-electron chi connectivity index (χ2n) is 4.12. The molecule has 0 spiro atoms. The van der Waals surface area contributed by atoms with Gasteiger partial charge in [-0.15, -0.1) is 0 Å². The highest BCUT2D eigenvalue weighted by Gasteiger charge is 2.20. The van der Waals surface area contributed by atoms with Gasteiger partial charge in [0.2, 0.25) is 5.91 Å². The van der Waals surface area contributed by atoms with Crippen LogP contribution in [0, 0.1) is 5.41 Å². The molecule has 6 heteroatoms. The first-order valence-electron chi connectivity index (χ1n) is 4.51. The van der Waals surface area contributed by atoms with Crippen molar-refractivity contribution in [3.8, 4) is 0 Å². The van der Waals surface area contributed by atoms with Crippen LogP contribution in [0.2, 0.25) is 0 Å². The Labute approximate surface area is 87.1 Å². The van der Waals surface area contributed by atoms with E-state index in [2.05, 4.69) is 20.8 Å². The van der Waals surface area contributed by atoms with Crippen LogP contribution in [-0.4, -0.2) is 15.9 Å². The van der Waals surface area contributed by atoms with Crippen molar-refractivity contribution in [2.24, 2.45) is 5.41 Å². The first-order valence-corrected chi connectivity index (χ1v) is 4.51. The summed E-state index contributed by atoms with van der Waals surface area (Å²) < 4.78 is 0. The summed E-state index contributed by atoms with van der Waals surface area (Å²) >= 11 is 0. The third kappa shape index (κ3) is 3.41. The average Bonchev–Trinajstić information content (AvgIpc) is 2.12. The van der Waals surface area contributed by atoms with Gasteiger partial charge in [0.25, 0.3) is 0 Å². The largest absolute Gasteiger partial charge is 0.346 e.